The van der Waals surface area contributed by atoms with Crippen LogP contribution < -0.4 is 10.1 Å². The van der Waals surface area contributed by atoms with Crippen molar-refractivity contribution in [3.63, 3.8) is 0 Å². The Morgan fingerprint density at radius 1 is 1.50 bits per heavy atom. The molecule has 7 nitrogen and oxygen atoms in total. The predicted octanol–water partition coefficient (Wildman–Crippen LogP) is 2.54. The number of nitrogens with one attached hydrogen (secondary N) is 1. The molecule has 1 rings (SSSR count). The van der Waals surface area contributed by atoms with Gasteiger partial charge in [0.25, 0.3) is 5.88 Å². The summed E-state index contributed by atoms with van der Waals surface area (Å²) in [6.45, 7) is 1.95. The van der Waals surface area contributed by atoms with Crippen molar-refractivity contribution >= 4 is 11.6 Å². The molecule has 20 heavy (non-hydrogen) atoms. The normalized spacial score (nSPS) is 11.2. The summed E-state index contributed by atoms with van der Waals surface area (Å²) in [6, 6.07) is 0. The van der Waals surface area contributed by atoms with E-state index in [2.05, 4.69) is 15.3 Å². The van der Waals surface area contributed by atoms with Gasteiger partial charge in [0.15, 0.2) is 0 Å². The van der Waals surface area contributed by atoms with Gasteiger partial charge in [0, 0.05) is 13.0 Å². The summed E-state index contributed by atoms with van der Waals surface area (Å²) in [5.41, 5.74) is -0.487. The van der Waals surface area contributed by atoms with Crippen molar-refractivity contribution in [1.82, 2.24) is 9.97 Å². The van der Waals surface area contributed by atoms with Crippen molar-refractivity contribution in [1.29, 1.82) is 0 Å². The van der Waals surface area contributed by atoms with Crippen molar-refractivity contribution < 1.29 is 22.8 Å². The lowest BCUT2D eigenvalue weighted by atomic mass is 10.3. The molecule has 1 N–H and O–H groups in total. The Morgan fingerprint density at radius 3 is 2.75 bits per heavy atom. The number of nitro groups is 1. The first-order valence-electron chi connectivity index (χ1n) is 5.78. The number of anilines is 1. The Bertz CT molecular complexity index is 468. The van der Waals surface area contributed by atoms with Gasteiger partial charge in [0.1, 0.15) is 6.20 Å². The highest BCUT2D eigenvalue weighted by Gasteiger charge is 2.26. The van der Waals surface area contributed by atoms with E-state index in [4.69, 9.17) is 4.74 Å². The average molecular weight is 294 g/mol. The SMILES string of the molecule is CCNc1ncc([N+](=O)[O-])c(OCCCC(F)(F)F)n1. The molecule has 0 aliphatic rings. The molecule has 1 aromatic heterocycles. The minimum absolute atomic E-state index is 0.115. The number of hydrogen-bond donors (Lipinski definition) is 1. The summed E-state index contributed by atoms with van der Waals surface area (Å²) >= 11 is 0. The number of nitrogens with zero attached hydrogens (tertiary/aromatic N) is 3. The zero-order valence-corrected chi connectivity index (χ0v) is 10.6. The number of halogens is 3. The summed E-state index contributed by atoms with van der Waals surface area (Å²) in [7, 11) is 0. The molecule has 0 aliphatic carbocycles. The van der Waals surface area contributed by atoms with Gasteiger partial charge in [0.05, 0.1) is 11.5 Å². The van der Waals surface area contributed by atoms with Crippen molar-refractivity contribution in [3.8, 4) is 5.88 Å². The maximum atomic E-state index is 12.0. The second-order valence-electron chi connectivity index (χ2n) is 3.74. The molecule has 0 aliphatic heterocycles. The van der Waals surface area contributed by atoms with Crippen LogP contribution in [0, 0.1) is 10.1 Å². The fraction of sp³-hybridized carbons (Fsp3) is 0.600. The van der Waals surface area contributed by atoms with E-state index in [9.17, 15) is 23.3 Å². The third-order valence-electron chi connectivity index (χ3n) is 2.11. The molecule has 0 aromatic carbocycles. The average Bonchev–Trinajstić information content (AvgIpc) is 2.34. The summed E-state index contributed by atoms with van der Waals surface area (Å²) in [4.78, 5) is 17.4. The van der Waals surface area contributed by atoms with E-state index in [1.807, 2.05) is 0 Å². The molecule has 112 valence electrons. The highest BCUT2D eigenvalue weighted by atomic mass is 19.4. The summed E-state index contributed by atoms with van der Waals surface area (Å²) < 4.78 is 40.8. The van der Waals surface area contributed by atoms with E-state index in [1.54, 1.807) is 6.92 Å². The summed E-state index contributed by atoms with van der Waals surface area (Å²) in [5.74, 6) is -0.230. The number of rotatable bonds is 7. The smallest absolute Gasteiger partial charge is 0.389 e. The van der Waals surface area contributed by atoms with E-state index in [1.165, 1.54) is 0 Å². The van der Waals surface area contributed by atoms with Crippen molar-refractivity contribution in [2.24, 2.45) is 0 Å². The van der Waals surface area contributed by atoms with Gasteiger partial charge in [-0.25, -0.2) is 4.98 Å². The fourth-order valence-electron chi connectivity index (χ4n) is 1.28. The van der Waals surface area contributed by atoms with Crippen LogP contribution in [-0.4, -0.2) is 34.2 Å². The third kappa shape index (κ3) is 5.24. The minimum atomic E-state index is -4.28. The van der Waals surface area contributed by atoms with Crippen LogP contribution >= 0.6 is 0 Å². The Labute approximate surface area is 112 Å². The topological polar surface area (TPSA) is 90.2 Å². The van der Waals surface area contributed by atoms with Crippen LogP contribution in [-0.2, 0) is 0 Å². The van der Waals surface area contributed by atoms with Gasteiger partial charge in [0.2, 0.25) is 5.95 Å². The van der Waals surface area contributed by atoms with Crippen LogP contribution in [0.5, 0.6) is 5.88 Å². The minimum Gasteiger partial charge on any atom is -0.473 e. The highest BCUT2D eigenvalue weighted by Crippen LogP contribution is 2.26. The van der Waals surface area contributed by atoms with E-state index in [0.29, 0.717) is 6.54 Å². The van der Waals surface area contributed by atoms with Gasteiger partial charge in [-0.15, -0.1) is 0 Å². The van der Waals surface area contributed by atoms with Crippen LogP contribution in [0.1, 0.15) is 19.8 Å². The van der Waals surface area contributed by atoms with Crippen LogP contribution in [0.25, 0.3) is 0 Å². The lowest BCUT2D eigenvalue weighted by molar-refractivity contribution is -0.386. The number of hydrogen-bond acceptors (Lipinski definition) is 6. The van der Waals surface area contributed by atoms with Gasteiger partial charge in [-0.05, 0) is 13.3 Å². The molecule has 0 amide bonds. The van der Waals surface area contributed by atoms with Crippen molar-refractivity contribution in [3.05, 3.63) is 16.3 Å². The maximum absolute atomic E-state index is 12.0. The Balaban J connectivity index is 2.70. The molecule has 0 spiro atoms. The highest BCUT2D eigenvalue weighted by molar-refractivity contribution is 5.43. The summed E-state index contributed by atoms with van der Waals surface area (Å²) in [5, 5.41) is 13.5. The van der Waals surface area contributed by atoms with E-state index >= 15 is 0 Å². The molecule has 1 aromatic rings. The number of ether oxygens (including phenoxy) is 1. The van der Waals surface area contributed by atoms with Crippen LogP contribution in [0.15, 0.2) is 6.20 Å². The number of alkyl halides is 3. The molecule has 0 fully saturated rings. The predicted molar refractivity (Wildman–Crippen MR) is 63.6 cm³/mol. The molecule has 0 saturated heterocycles. The molecular formula is C10H13F3N4O3. The molecule has 0 atom stereocenters. The molecule has 0 radical (unpaired) electrons. The zero-order chi connectivity index (χ0) is 15.2. The van der Waals surface area contributed by atoms with E-state index in [0.717, 1.165) is 6.20 Å². The molecule has 0 bridgehead atoms. The van der Waals surface area contributed by atoms with E-state index in [-0.39, 0.29) is 24.9 Å². The van der Waals surface area contributed by atoms with Gasteiger partial charge < -0.3 is 10.1 Å². The Kier molecular flexibility index (Phi) is 5.47. The van der Waals surface area contributed by atoms with Crippen molar-refractivity contribution in [2.75, 3.05) is 18.5 Å². The van der Waals surface area contributed by atoms with Crippen LogP contribution in [0.3, 0.4) is 0 Å². The van der Waals surface area contributed by atoms with Gasteiger partial charge in [-0.1, -0.05) is 0 Å². The molecule has 1 heterocycles. The first-order chi connectivity index (χ1) is 9.33. The quantitative estimate of drug-likeness (QED) is 0.472. The van der Waals surface area contributed by atoms with Crippen LogP contribution in [0.4, 0.5) is 24.8 Å². The largest absolute Gasteiger partial charge is 0.473 e. The fourth-order valence-corrected chi connectivity index (χ4v) is 1.28. The Hall–Kier alpha value is -2.13. The van der Waals surface area contributed by atoms with E-state index < -0.39 is 23.2 Å². The monoisotopic (exact) mass is 294 g/mol. The first-order valence-corrected chi connectivity index (χ1v) is 5.78. The van der Waals surface area contributed by atoms with Gasteiger partial charge in [-0.3, -0.25) is 10.1 Å². The van der Waals surface area contributed by atoms with Crippen LogP contribution in [0.2, 0.25) is 0 Å². The maximum Gasteiger partial charge on any atom is 0.389 e. The lowest BCUT2D eigenvalue weighted by Gasteiger charge is -2.08. The molecule has 0 saturated carbocycles. The molecule has 0 unspecified atom stereocenters. The summed E-state index contributed by atoms with van der Waals surface area (Å²) in [6.07, 6.45) is -4.66. The van der Waals surface area contributed by atoms with Gasteiger partial charge >= 0.3 is 11.9 Å². The zero-order valence-electron chi connectivity index (χ0n) is 10.6. The third-order valence-corrected chi connectivity index (χ3v) is 2.11. The molecular weight excluding hydrogens is 281 g/mol. The van der Waals surface area contributed by atoms with Crippen molar-refractivity contribution in [2.45, 2.75) is 25.9 Å². The standard InChI is InChI=1S/C10H13F3N4O3/c1-2-14-9-15-6-7(17(18)19)8(16-9)20-5-3-4-10(11,12)13/h6H,2-5H2,1H3,(H,14,15,16). The first kappa shape index (κ1) is 15.9. The second-order valence-corrected chi connectivity index (χ2v) is 3.74. The van der Waals surface area contributed by atoms with Gasteiger partial charge in [-0.2, -0.15) is 18.2 Å². The second kappa shape index (κ2) is 6.87. The Morgan fingerprint density at radius 2 is 2.20 bits per heavy atom. The number of aromatic nitrogens is 2. The molecule has 10 heteroatoms. The lowest BCUT2D eigenvalue weighted by Crippen LogP contribution is -2.11.